The number of rotatable bonds is 5. The lowest BCUT2D eigenvalue weighted by Gasteiger charge is -2.26. The summed E-state index contributed by atoms with van der Waals surface area (Å²) in [7, 11) is 0. The van der Waals surface area contributed by atoms with Gasteiger partial charge in [0.15, 0.2) is 0 Å². The van der Waals surface area contributed by atoms with Crippen LogP contribution in [-0.2, 0) is 4.74 Å². The monoisotopic (exact) mass is 260 g/mol. The molecular formula is C15H20N2O2. The highest BCUT2D eigenvalue weighted by Crippen LogP contribution is 2.19. The van der Waals surface area contributed by atoms with Crippen molar-refractivity contribution in [2.75, 3.05) is 39.5 Å². The smallest absolute Gasteiger partial charge is 0.123 e. The fourth-order valence-corrected chi connectivity index (χ4v) is 2.12. The fourth-order valence-electron chi connectivity index (χ4n) is 2.12. The summed E-state index contributed by atoms with van der Waals surface area (Å²) in [4.78, 5) is 2.39. The minimum atomic E-state index is 0.647. The summed E-state index contributed by atoms with van der Waals surface area (Å²) >= 11 is 0. The van der Waals surface area contributed by atoms with E-state index < -0.39 is 0 Å². The Balaban J connectivity index is 1.74. The summed E-state index contributed by atoms with van der Waals surface area (Å²) < 4.78 is 11.1. The third-order valence-electron chi connectivity index (χ3n) is 3.30. The van der Waals surface area contributed by atoms with Gasteiger partial charge in [-0.05, 0) is 31.0 Å². The molecule has 0 aromatic heterocycles. The molecule has 4 nitrogen and oxygen atoms in total. The summed E-state index contributed by atoms with van der Waals surface area (Å²) in [6.45, 7) is 7.44. The van der Waals surface area contributed by atoms with Gasteiger partial charge in [-0.3, -0.25) is 4.90 Å². The molecule has 0 N–H and O–H groups in total. The SMILES string of the molecule is Cc1ccc(C#N)cc1OCCCN1CCOCC1. The summed E-state index contributed by atoms with van der Waals surface area (Å²) in [5.41, 5.74) is 1.72. The van der Waals surface area contributed by atoms with E-state index in [1.54, 1.807) is 0 Å². The average Bonchev–Trinajstić information content (AvgIpc) is 2.46. The molecule has 1 aromatic rings. The predicted molar refractivity (Wildman–Crippen MR) is 73.3 cm³/mol. The molecule has 102 valence electrons. The molecule has 1 aromatic carbocycles. The molecule has 0 spiro atoms. The van der Waals surface area contributed by atoms with Gasteiger partial charge in [0.2, 0.25) is 0 Å². The van der Waals surface area contributed by atoms with Crippen LogP contribution < -0.4 is 4.74 Å². The topological polar surface area (TPSA) is 45.5 Å². The first kappa shape index (κ1) is 13.9. The van der Waals surface area contributed by atoms with Crippen molar-refractivity contribution in [3.63, 3.8) is 0 Å². The van der Waals surface area contributed by atoms with Crippen LogP contribution >= 0.6 is 0 Å². The van der Waals surface area contributed by atoms with E-state index in [1.165, 1.54) is 0 Å². The first-order valence-corrected chi connectivity index (χ1v) is 6.73. The third-order valence-corrected chi connectivity index (χ3v) is 3.30. The Morgan fingerprint density at radius 2 is 2.16 bits per heavy atom. The number of benzene rings is 1. The Morgan fingerprint density at radius 1 is 1.37 bits per heavy atom. The molecule has 0 aliphatic carbocycles. The van der Waals surface area contributed by atoms with Crippen molar-refractivity contribution in [1.29, 1.82) is 5.26 Å². The molecule has 1 saturated heterocycles. The summed E-state index contributed by atoms with van der Waals surface area (Å²) in [5, 5.41) is 8.87. The zero-order valence-electron chi connectivity index (χ0n) is 11.4. The zero-order valence-corrected chi connectivity index (χ0v) is 11.4. The number of nitriles is 1. The van der Waals surface area contributed by atoms with Crippen LogP contribution in [0, 0.1) is 18.3 Å². The second kappa shape index (κ2) is 7.13. The second-order valence-corrected chi connectivity index (χ2v) is 4.75. The quantitative estimate of drug-likeness (QED) is 0.759. The lowest BCUT2D eigenvalue weighted by Crippen LogP contribution is -2.37. The van der Waals surface area contributed by atoms with Gasteiger partial charge >= 0.3 is 0 Å². The molecule has 19 heavy (non-hydrogen) atoms. The second-order valence-electron chi connectivity index (χ2n) is 4.75. The lowest BCUT2D eigenvalue weighted by molar-refractivity contribution is 0.0358. The first-order valence-electron chi connectivity index (χ1n) is 6.73. The van der Waals surface area contributed by atoms with E-state index in [0.717, 1.165) is 50.6 Å². The molecule has 1 heterocycles. The molecule has 0 radical (unpaired) electrons. The molecule has 0 saturated carbocycles. The molecule has 0 atom stereocenters. The maximum atomic E-state index is 8.87. The van der Waals surface area contributed by atoms with E-state index in [9.17, 15) is 0 Å². The van der Waals surface area contributed by atoms with E-state index in [1.807, 2.05) is 25.1 Å². The molecule has 1 aliphatic heterocycles. The standard InChI is InChI=1S/C15H20N2O2/c1-13-3-4-14(12-16)11-15(13)19-8-2-5-17-6-9-18-10-7-17/h3-4,11H,2,5-10H2,1H3. The van der Waals surface area contributed by atoms with Gasteiger partial charge in [-0.15, -0.1) is 0 Å². The normalized spacial score (nSPS) is 16.0. The van der Waals surface area contributed by atoms with Crippen LogP contribution in [0.25, 0.3) is 0 Å². The molecule has 0 unspecified atom stereocenters. The van der Waals surface area contributed by atoms with Crippen molar-refractivity contribution >= 4 is 0 Å². The maximum absolute atomic E-state index is 8.87. The van der Waals surface area contributed by atoms with Crippen molar-refractivity contribution < 1.29 is 9.47 Å². The number of morpholine rings is 1. The van der Waals surface area contributed by atoms with Gasteiger partial charge in [0.1, 0.15) is 5.75 Å². The largest absolute Gasteiger partial charge is 0.493 e. The minimum Gasteiger partial charge on any atom is -0.493 e. The van der Waals surface area contributed by atoms with Crippen LogP contribution in [0.2, 0.25) is 0 Å². The van der Waals surface area contributed by atoms with Crippen LogP contribution in [0.15, 0.2) is 18.2 Å². The van der Waals surface area contributed by atoms with Gasteiger partial charge in [0, 0.05) is 19.6 Å². The van der Waals surface area contributed by atoms with Crippen molar-refractivity contribution in [3.8, 4) is 11.8 Å². The van der Waals surface area contributed by atoms with Gasteiger partial charge in [0.25, 0.3) is 0 Å². The van der Waals surface area contributed by atoms with Crippen LogP contribution in [0.5, 0.6) is 5.75 Å². The van der Waals surface area contributed by atoms with E-state index >= 15 is 0 Å². The van der Waals surface area contributed by atoms with Gasteiger partial charge in [0.05, 0.1) is 31.5 Å². The minimum absolute atomic E-state index is 0.647. The number of hydrogen-bond acceptors (Lipinski definition) is 4. The molecule has 4 heteroatoms. The third kappa shape index (κ3) is 4.23. The summed E-state index contributed by atoms with van der Waals surface area (Å²) in [6.07, 6.45) is 0.996. The molecule has 0 amide bonds. The Bertz CT molecular complexity index is 448. The van der Waals surface area contributed by atoms with Gasteiger partial charge in [-0.2, -0.15) is 5.26 Å². The van der Waals surface area contributed by atoms with Gasteiger partial charge < -0.3 is 9.47 Å². The summed E-state index contributed by atoms with van der Waals surface area (Å²) in [6, 6.07) is 7.69. The van der Waals surface area contributed by atoms with E-state index in [-0.39, 0.29) is 0 Å². The predicted octanol–water partition coefficient (Wildman–Crippen LogP) is 1.97. The maximum Gasteiger partial charge on any atom is 0.123 e. The molecule has 1 fully saturated rings. The molecular weight excluding hydrogens is 240 g/mol. The lowest BCUT2D eigenvalue weighted by atomic mass is 10.1. The number of aryl methyl sites for hydroxylation is 1. The Hall–Kier alpha value is -1.57. The Morgan fingerprint density at radius 3 is 2.89 bits per heavy atom. The van der Waals surface area contributed by atoms with Crippen molar-refractivity contribution in [2.45, 2.75) is 13.3 Å². The highest BCUT2D eigenvalue weighted by Gasteiger charge is 2.09. The van der Waals surface area contributed by atoms with E-state index in [2.05, 4.69) is 11.0 Å². The number of nitrogens with zero attached hydrogens (tertiary/aromatic N) is 2. The zero-order chi connectivity index (χ0) is 13.5. The van der Waals surface area contributed by atoms with E-state index in [4.69, 9.17) is 14.7 Å². The van der Waals surface area contributed by atoms with Gasteiger partial charge in [-0.25, -0.2) is 0 Å². The molecule has 1 aliphatic rings. The van der Waals surface area contributed by atoms with Crippen LogP contribution in [-0.4, -0.2) is 44.4 Å². The average molecular weight is 260 g/mol. The van der Waals surface area contributed by atoms with Crippen molar-refractivity contribution in [1.82, 2.24) is 4.90 Å². The number of hydrogen-bond donors (Lipinski definition) is 0. The fraction of sp³-hybridized carbons (Fsp3) is 0.533. The Kier molecular flexibility index (Phi) is 5.20. The molecule has 0 bridgehead atoms. The van der Waals surface area contributed by atoms with Crippen LogP contribution in [0.1, 0.15) is 17.5 Å². The van der Waals surface area contributed by atoms with Crippen molar-refractivity contribution in [3.05, 3.63) is 29.3 Å². The van der Waals surface area contributed by atoms with Crippen LogP contribution in [0.4, 0.5) is 0 Å². The molecule has 2 rings (SSSR count). The summed E-state index contributed by atoms with van der Waals surface area (Å²) in [5.74, 6) is 0.820. The highest BCUT2D eigenvalue weighted by atomic mass is 16.5. The first-order chi connectivity index (χ1) is 9.29. The highest BCUT2D eigenvalue weighted by molar-refractivity contribution is 5.41. The Labute approximate surface area is 114 Å². The van der Waals surface area contributed by atoms with E-state index in [0.29, 0.717) is 12.2 Å². The van der Waals surface area contributed by atoms with Crippen LogP contribution in [0.3, 0.4) is 0 Å². The number of ether oxygens (including phenoxy) is 2. The van der Waals surface area contributed by atoms with Crippen molar-refractivity contribution in [2.24, 2.45) is 0 Å². The van der Waals surface area contributed by atoms with Gasteiger partial charge in [-0.1, -0.05) is 6.07 Å².